The Morgan fingerprint density at radius 3 is 2.69 bits per heavy atom. The van der Waals surface area contributed by atoms with E-state index < -0.39 is 0 Å². The van der Waals surface area contributed by atoms with Crippen molar-refractivity contribution in [3.8, 4) is 0 Å². The van der Waals surface area contributed by atoms with Crippen molar-refractivity contribution < 1.29 is 0 Å². The van der Waals surface area contributed by atoms with Crippen LogP contribution in [0.2, 0.25) is 0 Å². The van der Waals surface area contributed by atoms with Crippen molar-refractivity contribution in [2.24, 2.45) is 11.7 Å². The van der Waals surface area contributed by atoms with Gasteiger partial charge in [0.15, 0.2) is 0 Å². The molecule has 3 nitrogen and oxygen atoms in total. The number of nitrogens with two attached hydrogens (primary N) is 1. The molecule has 0 unspecified atom stereocenters. The molecule has 1 rings (SSSR count). The first-order chi connectivity index (χ1) is 6.24. The maximum atomic E-state index is 5.96. The molecule has 0 aromatic heterocycles. The minimum atomic E-state index is 0.534. The van der Waals surface area contributed by atoms with Crippen molar-refractivity contribution in [3.63, 3.8) is 0 Å². The van der Waals surface area contributed by atoms with E-state index in [1.165, 1.54) is 0 Å². The number of nitrogens with one attached hydrogen (secondary N) is 2. The highest BCUT2D eigenvalue weighted by Gasteiger charge is 2.14. The van der Waals surface area contributed by atoms with Gasteiger partial charge in [-0.2, -0.15) is 0 Å². The molecule has 0 bridgehead atoms. The maximum absolute atomic E-state index is 5.96. The molecule has 4 N–H and O–H groups in total. The Morgan fingerprint density at radius 2 is 2.15 bits per heavy atom. The van der Waals surface area contributed by atoms with Crippen LogP contribution in [0, 0.1) is 5.92 Å². The van der Waals surface area contributed by atoms with Gasteiger partial charge in [-0.3, -0.25) is 0 Å². The molecular weight excluding hydrogens is 162 g/mol. The first-order valence-electron chi connectivity index (χ1n) is 4.78. The molecule has 1 fully saturated rings. The van der Waals surface area contributed by atoms with Crippen LogP contribution in [0.25, 0.3) is 0 Å². The third-order valence-corrected chi connectivity index (χ3v) is 2.47. The van der Waals surface area contributed by atoms with E-state index in [2.05, 4.69) is 17.2 Å². The first kappa shape index (κ1) is 10.1. The summed E-state index contributed by atoms with van der Waals surface area (Å²) < 4.78 is 0. The zero-order chi connectivity index (χ0) is 9.68. The molecule has 1 saturated heterocycles. The Bertz CT molecular complexity index is 202. The predicted molar refractivity (Wildman–Crippen MR) is 56.1 cm³/mol. The van der Waals surface area contributed by atoms with Crippen molar-refractivity contribution in [3.05, 3.63) is 24.0 Å². The van der Waals surface area contributed by atoms with Gasteiger partial charge in [-0.05, 0) is 32.0 Å². The fraction of sp³-hybridized carbons (Fsp3) is 0.600. The molecule has 1 aliphatic heterocycles. The Morgan fingerprint density at radius 1 is 1.54 bits per heavy atom. The summed E-state index contributed by atoms with van der Waals surface area (Å²) in [4.78, 5) is 0. The number of hydrogen-bond donors (Lipinski definition) is 3. The summed E-state index contributed by atoms with van der Waals surface area (Å²) in [6, 6.07) is 0. The number of likely N-dealkylation sites (N-methyl/N-ethyl adjacent to an activating group) is 1. The van der Waals surface area contributed by atoms with Crippen molar-refractivity contribution in [1.82, 2.24) is 10.6 Å². The zero-order valence-electron chi connectivity index (χ0n) is 8.27. The number of rotatable bonds is 3. The maximum Gasteiger partial charge on any atom is 0.0281 e. The third-order valence-electron chi connectivity index (χ3n) is 2.47. The van der Waals surface area contributed by atoms with Gasteiger partial charge in [-0.25, -0.2) is 0 Å². The lowest BCUT2D eigenvalue weighted by molar-refractivity contribution is 0.417. The molecule has 0 aromatic carbocycles. The van der Waals surface area contributed by atoms with Crippen LogP contribution < -0.4 is 16.4 Å². The van der Waals surface area contributed by atoms with E-state index >= 15 is 0 Å². The molecule has 0 amide bonds. The van der Waals surface area contributed by atoms with E-state index in [9.17, 15) is 0 Å². The van der Waals surface area contributed by atoms with Crippen LogP contribution >= 0.6 is 0 Å². The predicted octanol–water partition coefficient (Wildman–Crippen LogP) is 0.562. The van der Waals surface area contributed by atoms with Crippen LogP contribution in [0.4, 0.5) is 0 Å². The molecule has 0 atom stereocenters. The zero-order valence-corrected chi connectivity index (χ0v) is 8.27. The number of hydrogen-bond acceptors (Lipinski definition) is 3. The minimum absolute atomic E-state index is 0.534. The Labute approximate surface area is 80.1 Å². The van der Waals surface area contributed by atoms with Gasteiger partial charge in [-0.15, -0.1) is 0 Å². The summed E-state index contributed by atoms with van der Waals surface area (Å²) in [7, 11) is 1.86. The van der Waals surface area contributed by atoms with Crippen LogP contribution in [0.5, 0.6) is 0 Å². The molecule has 3 heteroatoms. The van der Waals surface area contributed by atoms with Gasteiger partial charge in [-0.1, -0.05) is 6.58 Å². The minimum Gasteiger partial charge on any atom is -0.402 e. The van der Waals surface area contributed by atoms with E-state index in [0.717, 1.165) is 37.3 Å². The van der Waals surface area contributed by atoms with E-state index in [-0.39, 0.29) is 0 Å². The Balaban J connectivity index is 2.49. The summed E-state index contributed by atoms with van der Waals surface area (Å²) in [6.45, 7) is 5.97. The fourth-order valence-electron chi connectivity index (χ4n) is 1.55. The van der Waals surface area contributed by atoms with Gasteiger partial charge in [0.1, 0.15) is 0 Å². The molecule has 74 valence electrons. The molecule has 0 saturated carbocycles. The van der Waals surface area contributed by atoms with Crippen LogP contribution in [-0.4, -0.2) is 20.1 Å². The van der Waals surface area contributed by atoms with Gasteiger partial charge < -0.3 is 16.4 Å². The van der Waals surface area contributed by atoms with Gasteiger partial charge >= 0.3 is 0 Å². The average molecular weight is 181 g/mol. The highest BCUT2D eigenvalue weighted by molar-refractivity contribution is 5.19. The third kappa shape index (κ3) is 3.11. The summed E-state index contributed by atoms with van der Waals surface area (Å²) in [5, 5.41) is 6.28. The van der Waals surface area contributed by atoms with E-state index in [1.54, 1.807) is 0 Å². The second-order valence-electron chi connectivity index (χ2n) is 3.44. The van der Waals surface area contributed by atoms with Gasteiger partial charge in [0.25, 0.3) is 0 Å². The van der Waals surface area contributed by atoms with Gasteiger partial charge in [0.2, 0.25) is 0 Å². The topological polar surface area (TPSA) is 50.1 Å². The normalized spacial score (nSPS) is 19.9. The molecule has 0 aliphatic carbocycles. The molecule has 0 radical (unpaired) electrons. The highest BCUT2D eigenvalue weighted by atomic mass is 14.9. The van der Waals surface area contributed by atoms with Crippen molar-refractivity contribution in [2.75, 3.05) is 20.1 Å². The quantitative estimate of drug-likeness (QED) is 0.558. The Hall–Kier alpha value is -0.960. The molecular formula is C10H19N3. The van der Waals surface area contributed by atoms with Crippen LogP contribution in [0.15, 0.2) is 24.0 Å². The van der Waals surface area contributed by atoms with E-state index in [0.29, 0.717) is 5.92 Å². The lowest BCUT2D eigenvalue weighted by atomic mass is 9.94. The largest absolute Gasteiger partial charge is 0.402 e. The van der Waals surface area contributed by atoms with E-state index in [1.807, 2.05) is 13.1 Å². The summed E-state index contributed by atoms with van der Waals surface area (Å²) in [5.74, 6) is 0.534. The van der Waals surface area contributed by atoms with Gasteiger partial charge in [0.05, 0.1) is 0 Å². The first-order valence-corrected chi connectivity index (χ1v) is 4.78. The number of allylic oxidation sites excluding steroid dienone is 2. The van der Waals surface area contributed by atoms with Crippen LogP contribution in [0.1, 0.15) is 12.8 Å². The standard InChI is InChI=1S/C10H19N3/c1-8(12-2)7-10(11)9-3-5-13-6-4-9/h7,9,12-13H,1,3-6,11H2,2H3/b10-7-. The average Bonchev–Trinajstić information content (AvgIpc) is 2.19. The Kier molecular flexibility index (Phi) is 3.83. The molecule has 1 heterocycles. The summed E-state index contributed by atoms with van der Waals surface area (Å²) in [5.41, 5.74) is 7.80. The monoisotopic (exact) mass is 181 g/mol. The summed E-state index contributed by atoms with van der Waals surface area (Å²) >= 11 is 0. The second-order valence-corrected chi connectivity index (χ2v) is 3.44. The smallest absolute Gasteiger partial charge is 0.0281 e. The van der Waals surface area contributed by atoms with Crippen molar-refractivity contribution in [2.45, 2.75) is 12.8 Å². The highest BCUT2D eigenvalue weighted by Crippen LogP contribution is 2.17. The molecule has 1 aliphatic rings. The lowest BCUT2D eigenvalue weighted by Crippen LogP contribution is -2.30. The lowest BCUT2D eigenvalue weighted by Gasteiger charge is -2.23. The number of piperidine rings is 1. The SMILES string of the molecule is C=C(/C=C(\N)C1CCNCC1)NC. The van der Waals surface area contributed by atoms with Gasteiger partial charge in [0, 0.05) is 24.4 Å². The van der Waals surface area contributed by atoms with Crippen LogP contribution in [-0.2, 0) is 0 Å². The van der Waals surface area contributed by atoms with E-state index in [4.69, 9.17) is 5.73 Å². The molecule has 13 heavy (non-hydrogen) atoms. The van der Waals surface area contributed by atoms with Crippen LogP contribution in [0.3, 0.4) is 0 Å². The fourth-order valence-corrected chi connectivity index (χ4v) is 1.55. The van der Waals surface area contributed by atoms with Crippen molar-refractivity contribution in [1.29, 1.82) is 0 Å². The van der Waals surface area contributed by atoms with Crippen molar-refractivity contribution >= 4 is 0 Å². The molecule has 0 aromatic rings. The molecule has 0 spiro atoms. The second kappa shape index (κ2) is 4.92. The summed E-state index contributed by atoms with van der Waals surface area (Å²) in [6.07, 6.45) is 4.22.